The molecule has 1 atom stereocenters. The molecule has 0 aromatic heterocycles. The van der Waals surface area contributed by atoms with Crippen LogP contribution in [0.1, 0.15) is 45.4 Å². The van der Waals surface area contributed by atoms with Crippen molar-refractivity contribution in [3.05, 3.63) is 18.2 Å². The molecule has 1 amide bonds. The molecule has 1 aromatic carbocycles. The molecule has 4 saturated carbocycles. The Bertz CT molecular complexity index is 682. The average molecular weight is 356 g/mol. The molecule has 1 heterocycles. The van der Waals surface area contributed by atoms with Gasteiger partial charge in [0.15, 0.2) is 11.5 Å². The number of amides is 1. The zero-order valence-electron chi connectivity index (χ0n) is 15.4. The smallest absolute Gasteiger partial charge is 0.241 e. The van der Waals surface area contributed by atoms with Gasteiger partial charge in [-0.1, -0.05) is 0 Å². The first kappa shape index (κ1) is 16.4. The van der Waals surface area contributed by atoms with Crippen LogP contribution >= 0.6 is 0 Å². The van der Waals surface area contributed by atoms with Gasteiger partial charge in [0, 0.05) is 18.3 Å². The van der Waals surface area contributed by atoms with Crippen LogP contribution in [0.4, 0.5) is 5.69 Å². The van der Waals surface area contributed by atoms with Crippen LogP contribution in [0.15, 0.2) is 18.2 Å². The van der Waals surface area contributed by atoms with Crippen molar-refractivity contribution in [1.82, 2.24) is 5.32 Å². The maximum atomic E-state index is 12.6. The molecule has 4 aliphatic carbocycles. The Morgan fingerprint density at radius 1 is 1.12 bits per heavy atom. The number of rotatable bonds is 5. The summed E-state index contributed by atoms with van der Waals surface area (Å²) in [6.45, 7) is 3.19. The van der Waals surface area contributed by atoms with Gasteiger partial charge >= 0.3 is 0 Å². The lowest BCUT2D eigenvalue weighted by molar-refractivity contribution is -0.118. The fraction of sp³-hybridized carbons (Fsp3) is 0.667. The van der Waals surface area contributed by atoms with Crippen LogP contribution in [0, 0.1) is 23.2 Å². The van der Waals surface area contributed by atoms with E-state index in [-0.39, 0.29) is 18.7 Å². The number of carbonyl (C=O) groups is 1. The number of anilines is 1. The molecule has 6 rings (SSSR count). The second-order valence-corrected chi connectivity index (χ2v) is 9.08. The fourth-order valence-corrected chi connectivity index (χ4v) is 6.19. The second kappa shape index (κ2) is 6.15. The highest BCUT2D eigenvalue weighted by molar-refractivity contribution is 5.94. The van der Waals surface area contributed by atoms with Crippen LogP contribution in [-0.4, -0.2) is 25.3 Å². The van der Waals surface area contributed by atoms with Gasteiger partial charge in [-0.25, -0.2) is 0 Å². The predicted octanol–water partition coefficient (Wildman–Crippen LogP) is 3.55. The lowest BCUT2D eigenvalue weighted by atomic mass is 9.49. The number of nitrogens with one attached hydrogen (secondary N) is 2. The summed E-state index contributed by atoms with van der Waals surface area (Å²) in [5, 5.41) is 6.54. The van der Waals surface area contributed by atoms with Gasteiger partial charge in [0.2, 0.25) is 12.7 Å². The van der Waals surface area contributed by atoms with Gasteiger partial charge in [0.25, 0.3) is 0 Å². The minimum absolute atomic E-state index is 0.00796. The Balaban J connectivity index is 1.18. The van der Waals surface area contributed by atoms with E-state index in [1.165, 1.54) is 38.5 Å². The minimum atomic E-state index is -0.201. The quantitative estimate of drug-likeness (QED) is 0.847. The van der Waals surface area contributed by atoms with Gasteiger partial charge in [0.1, 0.15) is 0 Å². The topological polar surface area (TPSA) is 59.6 Å². The standard InChI is InChI=1S/C21H28N2O3/c1-13(20(24)23-17-2-3-18-19(7-17)26-12-25-18)22-11-21-8-14-4-15(9-21)6-16(5-14)10-21/h2-3,7,13-16,22H,4-6,8-12H2,1H3,(H,23,24)/t13-,14?,15?,16?,21?/m0/s1. The first-order valence-electron chi connectivity index (χ1n) is 10.0. The molecule has 4 fully saturated rings. The number of fused-ring (bicyclic) bond motifs is 1. The van der Waals surface area contributed by atoms with Crippen LogP contribution in [0.2, 0.25) is 0 Å². The summed E-state index contributed by atoms with van der Waals surface area (Å²) in [6, 6.07) is 5.32. The van der Waals surface area contributed by atoms with Gasteiger partial charge in [-0.3, -0.25) is 4.79 Å². The molecule has 0 saturated heterocycles. The largest absolute Gasteiger partial charge is 0.454 e. The maximum Gasteiger partial charge on any atom is 0.241 e. The number of benzene rings is 1. The van der Waals surface area contributed by atoms with Crippen molar-refractivity contribution in [2.45, 2.75) is 51.5 Å². The number of hydrogen-bond acceptors (Lipinski definition) is 4. The molecular formula is C21H28N2O3. The molecule has 4 bridgehead atoms. The van der Waals surface area contributed by atoms with Crippen LogP contribution < -0.4 is 20.1 Å². The zero-order chi connectivity index (χ0) is 17.7. The van der Waals surface area contributed by atoms with E-state index in [0.29, 0.717) is 11.2 Å². The summed E-state index contributed by atoms with van der Waals surface area (Å²) in [6.07, 6.45) is 8.46. The Labute approximate surface area is 154 Å². The lowest BCUT2D eigenvalue weighted by Gasteiger charge is -2.57. The van der Waals surface area contributed by atoms with Crippen LogP contribution in [0.3, 0.4) is 0 Å². The molecule has 5 nitrogen and oxygen atoms in total. The van der Waals surface area contributed by atoms with Gasteiger partial charge in [0.05, 0.1) is 6.04 Å². The molecule has 0 unspecified atom stereocenters. The zero-order valence-corrected chi connectivity index (χ0v) is 15.4. The fourth-order valence-electron chi connectivity index (χ4n) is 6.19. The molecule has 140 valence electrons. The van der Waals surface area contributed by atoms with E-state index < -0.39 is 0 Å². The van der Waals surface area contributed by atoms with Gasteiger partial charge in [-0.05, 0) is 80.8 Å². The third kappa shape index (κ3) is 2.96. The Kier molecular flexibility index (Phi) is 3.89. The van der Waals surface area contributed by atoms with Crippen molar-refractivity contribution in [2.75, 3.05) is 18.7 Å². The Morgan fingerprint density at radius 3 is 2.46 bits per heavy atom. The minimum Gasteiger partial charge on any atom is -0.454 e. The van der Waals surface area contributed by atoms with Crippen LogP contribution in [0.25, 0.3) is 0 Å². The van der Waals surface area contributed by atoms with Gasteiger partial charge in [-0.2, -0.15) is 0 Å². The molecule has 1 aromatic rings. The molecule has 26 heavy (non-hydrogen) atoms. The Morgan fingerprint density at radius 2 is 1.77 bits per heavy atom. The molecule has 5 aliphatic rings. The molecule has 0 radical (unpaired) electrons. The number of carbonyl (C=O) groups excluding carboxylic acids is 1. The van der Waals surface area contributed by atoms with E-state index in [1.807, 2.05) is 25.1 Å². The van der Waals surface area contributed by atoms with E-state index in [0.717, 1.165) is 35.7 Å². The summed E-state index contributed by atoms with van der Waals surface area (Å²) >= 11 is 0. The molecule has 2 N–H and O–H groups in total. The van der Waals surface area contributed by atoms with E-state index >= 15 is 0 Å². The molecule has 5 heteroatoms. The van der Waals surface area contributed by atoms with Crippen LogP contribution in [0.5, 0.6) is 11.5 Å². The summed E-state index contributed by atoms with van der Waals surface area (Å²) in [5.41, 5.74) is 1.20. The summed E-state index contributed by atoms with van der Waals surface area (Å²) in [5.74, 6) is 4.27. The maximum absolute atomic E-state index is 12.6. The first-order chi connectivity index (χ1) is 12.6. The van der Waals surface area contributed by atoms with E-state index in [4.69, 9.17) is 9.47 Å². The van der Waals surface area contributed by atoms with Crippen molar-refractivity contribution in [3.8, 4) is 11.5 Å². The average Bonchev–Trinajstić information content (AvgIpc) is 3.06. The van der Waals surface area contributed by atoms with E-state index in [1.54, 1.807) is 0 Å². The van der Waals surface area contributed by atoms with Gasteiger partial charge in [-0.15, -0.1) is 0 Å². The lowest BCUT2D eigenvalue weighted by Crippen LogP contribution is -2.52. The first-order valence-corrected chi connectivity index (χ1v) is 10.0. The third-order valence-electron chi connectivity index (χ3n) is 6.98. The summed E-state index contributed by atoms with van der Waals surface area (Å²) in [7, 11) is 0. The highest BCUT2D eigenvalue weighted by atomic mass is 16.7. The highest BCUT2D eigenvalue weighted by Gasteiger charge is 2.50. The number of ether oxygens (including phenoxy) is 2. The summed E-state index contributed by atoms with van der Waals surface area (Å²) in [4.78, 5) is 12.6. The molecule has 1 aliphatic heterocycles. The SMILES string of the molecule is C[C@H](NCC12CC3CC(CC(C3)C1)C2)C(=O)Nc1ccc2c(c1)OCO2. The monoisotopic (exact) mass is 356 g/mol. The Hall–Kier alpha value is -1.75. The van der Waals surface area contributed by atoms with Gasteiger partial charge < -0.3 is 20.1 Å². The third-order valence-corrected chi connectivity index (χ3v) is 6.98. The molecular weight excluding hydrogens is 328 g/mol. The number of hydrogen-bond donors (Lipinski definition) is 2. The van der Waals surface area contributed by atoms with Crippen molar-refractivity contribution in [2.24, 2.45) is 23.2 Å². The highest BCUT2D eigenvalue weighted by Crippen LogP contribution is 2.59. The van der Waals surface area contributed by atoms with E-state index in [2.05, 4.69) is 10.6 Å². The second-order valence-electron chi connectivity index (χ2n) is 9.08. The predicted molar refractivity (Wildman–Crippen MR) is 99.3 cm³/mol. The van der Waals surface area contributed by atoms with E-state index in [9.17, 15) is 4.79 Å². The van der Waals surface area contributed by atoms with Crippen molar-refractivity contribution in [1.29, 1.82) is 0 Å². The molecule has 0 spiro atoms. The summed E-state index contributed by atoms with van der Waals surface area (Å²) < 4.78 is 10.7. The normalized spacial score (nSPS) is 34.7. The van der Waals surface area contributed by atoms with Crippen molar-refractivity contribution >= 4 is 11.6 Å². The van der Waals surface area contributed by atoms with Crippen molar-refractivity contribution < 1.29 is 14.3 Å². The van der Waals surface area contributed by atoms with Crippen LogP contribution in [-0.2, 0) is 4.79 Å². The van der Waals surface area contributed by atoms with Crippen molar-refractivity contribution in [3.63, 3.8) is 0 Å².